The lowest BCUT2D eigenvalue weighted by Crippen LogP contribution is -2.04. The average molecular weight is 529 g/mol. The number of hydrogen-bond donors (Lipinski definition) is 3. The molecule has 0 atom stereocenters. The fourth-order valence-corrected chi connectivity index (χ4v) is 1.76. The van der Waals surface area contributed by atoms with E-state index >= 15 is 0 Å². The van der Waals surface area contributed by atoms with Gasteiger partial charge >= 0.3 is 10.4 Å². The maximum atomic E-state index is 10.1. The van der Waals surface area contributed by atoms with E-state index in [9.17, 15) is 8.42 Å². The third kappa shape index (κ3) is 197. The summed E-state index contributed by atoms with van der Waals surface area (Å²) in [5.41, 5.74) is 0. The van der Waals surface area contributed by atoms with E-state index in [4.69, 9.17) is 19.5 Å². The van der Waals surface area contributed by atoms with Crippen LogP contribution in [-0.2, 0) is 19.3 Å². The molecular weight excluding hydrogens is 468 g/mol. The minimum absolute atomic E-state index is 0.0899. The van der Waals surface area contributed by atoms with E-state index in [1.807, 2.05) is 13.8 Å². The van der Waals surface area contributed by atoms with Crippen molar-refractivity contribution in [3.8, 4) is 0 Å². The zero-order valence-electron chi connectivity index (χ0n) is 23.4. The number of aliphatic hydroxyl groups excluding tert-OH is 2. The molecule has 35 heavy (non-hydrogen) atoms. The lowest BCUT2D eigenvalue weighted by molar-refractivity contribution is 0.162. The van der Waals surface area contributed by atoms with Gasteiger partial charge in [0, 0.05) is 13.2 Å². The van der Waals surface area contributed by atoms with Crippen LogP contribution in [0.15, 0.2) is 78.9 Å². The predicted octanol–water partition coefficient (Wildman–Crippen LogP) is 7.38. The molecule has 8 heteroatoms. The van der Waals surface area contributed by atoms with Crippen LogP contribution in [-0.4, -0.2) is 56.2 Å². The molecule has 0 aliphatic carbocycles. The van der Waals surface area contributed by atoms with E-state index in [0.717, 1.165) is 26.1 Å². The number of rotatable bonds is 12. The van der Waals surface area contributed by atoms with Crippen LogP contribution < -0.4 is 0 Å². The molecule has 0 aromatic carbocycles. The number of hydrogen-bond acceptors (Lipinski definition) is 6. The van der Waals surface area contributed by atoms with Crippen molar-refractivity contribution >= 4 is 10.4 Å². The Balaban J connectivity index is -0.0000000383. The van der Waals surface area contributed by atoms with Gasteiger partial charge in [-0.2, -0.15) is 8.42 Å². The Hall–Kier alpha value is -1.81. The Kier molecular flexibility index (Phi) is 159. The van der Waals surface area contributed by atoms with Gasteiger partial charge < -0.3 is 14.9 Å². The molecule has 0 aromatic heterocycles. The highest BCUT2D eigenvalue weighted by atomic mass is 32.3. The highest BCUT2D eigenvalue weighted by Gasteiger charge is 2.02. The Morgan fingerprint density at radius 2 is 0.857 bits per heavy atom. The number of ether oxygens (including phenoxy) is 1. The molecule has 0 radical (unpaired) electrons. The topological polar surface area (TPSA) is 113 Å². The van der Waals surface area contributed by atoms with Crippen molar-refractivity contribution in [1.82, 2.24) is 0 Å². The summed E-state index contributed by atoms with van der Waals surface area (Å²) < 4.78 is 37.5. The second-order valence-electron chi connectivity index (χ2n) is 4.60. The Bertz CT molecular complexity index is 345. The van der Waals surface area contributed by atoms with Crippen LogP contribution in [0, 0.1) is 0 Å². The predicted molar refractivity (Wildman–Crippen MR) is 159 cm³/mol. The molecule has 0 heterocycles. The Labute approximate surface area is 220 Å². The fraction of sp³-hybridized carbons (Fsp3) is 0.556. The smallest absolute Gasteiger partial charge is 0.394 e. The van der Waals surface area contributed by atoms with E-state index in [1.165, 1.54) is 25.7 Å². The van der Waals surface area contributed by atoms with E-state index in [-0.39, 0.29) is 19.8 Å². The first-order chi connectivity index (χ1) is 16.9. The largest absolute Gasteiger partial charge is 0.397 e. The zero-order chi connectivity index (χ0) is 30.4. The molecule has 0 bridgehead atoms. The van der Waals surface area contributed by atoms with E-state index in [0.29, 0.717) is 6.42 Å². The molecule has 0 aromatic rings. The van der Waals surface area contributed by atoms with E-state index in [1.54, 1.807) is 0 Å². The van der Waals surface area contributed by atoms with Crippen LogP contribution in [0.3, 0.4) is 0 Å². The third-order valence-corrected chi connectivity index (χ3v) is 2.95. The van der Waals surface area contributed by atoms with Gasteiger partial charge in [-0.15, -0.1) is 78.9 Å². The highest BCUT2D eigenvalue weighted by molar-refractivity contribution is 7.80. The summed E-state index contributed by atoms with van der Waals surface area (Å²) >= 11 is 0. The molecule has 7 nitrogen and oxygen atoms in total. The molecule has 0 saturated carbocycles. The van der Waals surface area contributed by atoms with Gasteiger partial charge in [0.05, 0.1) is 19.8 Å². The van der Waals surface area contributed by atoms with Gasteiger partial charge in [0.25, 0.3) is 0 Å². The Morgan fingerprint density at radius 3 is 1.06 bits per heavy atom. The van der Waals surface area contributed by atoms with Crippen LogP contribution in [0.2, 0.25) is 0 Å². The minimum atomic E-state index is -4.23. The molecule has 0 spiro atoms. The van der Waals surface area contributed by atoms with Gasteiger partial charge in [-0.25, -0.2) is 4.18 Å². The summed E-state index contributed by atoms with van der Waals surface area (Å²) in [5, 5.41) is 15.2. The van der Waals surface area contributed by atoms with Gasteiger partial charge in [-0.3, -0.25) is 4.55 Å². The quantitative estimate of drug-likeness (QED) is 0.137. The summed E-state index contributed by atoms with van der Waals surface area (Å²) in [4.78, 5) is 0. The molecule has 0 rings (SSSR count). The summed E-state index contributed by atoms with van der Waals surface area (Å²) in [6.45, 7) is 43.7. The third-order valence-electron chi connectivity index (χ3n) is 2.49. The average Bonchev–Trinajstić information content (AvgIpc) is 2.93. The van der Waals surface area contributed by atoms with Crippen molar-refractivity contribution < 1.29 is 32.1 Å². The summed E-state index contributed by atoms with van der Waals surface area (Å²) in [6, 6.07) is 0. The first-order valence-corrected chi connectivity index (χ1v) is 12.7. The van der Waals surface area contributed by atoms with E-state index in [2.05, 4.69) is 90.1 Å². The SMILES string of the molecule is C=C.C=C.C=C.C=C.C=C.C=C.CCCCCCCCCOS(=O)(=O)O.CCOCC.OCCO. The minimum Gasteiger partial charge on any atom is -0.394 e. The van der Waals surface area contributed by atoms with Crippen molar-refractivity contribution in [2.45, 2.75) is 65.7 Å². The molecule has 3 N–H and O–H groups in total. The van der Waals surface area contributed by atoms with Crippen LogP contribution in [0.1, 0.15) is 65.7 Å². The maximum absolute atomic E-state index is 10.1. The van der Waals surface area contributed by atoms with Crippen molar-refractivity contribution in [3.63, 3.8) is 0 Å². The molecule has 0 aliphatic heterocycles. The van der Waals surface area contributed by atoms with Crippen molar-refractivity contribution in [2.24, 2.45) is 0 Å². The van der Waals surface area contributed by atoms with Crippen molar-refractivity contribution in [2.75, 3.05) is 33.0 Å². The molecule has 0 saturated heterocycles. The maximum Gasteiger partial charge on any atom is 0.397 e. The van der Waals surface area contributed by atoms with Crippen LogP contribution in [0.25, 0.3) is 0 Å². The fourth-order valence-electron chi connectivity index (χ4n) is 1.43. The second kappa shape index (κ2) is 94.6. The lowest BCUT2D eigenvalue weighted by atomic mass is 10.1. The van der Waals surface area contributed by atoms with Crippen molar-refractivity contribution in [1.29, 1.82) is 0 Å². The molecule has 0 unspecified atom stereocenters. The second-order valence-corrected chi connectivity index (χ2v) is 5.69. The standard InChI is InChI=1S/C9H20O4S.C4H10O.C2H6O2.6C2H4/c1-2-3-4-5-6-7-8-9-13-14(10,11)12;1-3-5-4-2;3-1-2-4;6*1-2/h2-9H2,1H3,(H,10,11,12);3-4H2,1-2H3;3-4H,1-2H2;6*1-2H2. The molecule has 216 valence electrons. The van der Waals surface area contributed by atoms with Gasteiger partial charge in [0.15, 0.2) is 0 Å². The molecule has 0 aliphatic rings. The number of unbranched alkanes of at least 4 members (excludes halogenated alkanes) is 6. The monoisotopic (exact) mass is 528 g/mol. The lowest BCUT2D eigenvalue weighted by Gasteiger charge is -2.00. The Morgan fingerprint density at radius 1 is 0.571 bits per heavy atom. The van der Waals surface area contributed by atoms with Gasteiger partial charge in [-0.1, -0.05) is 45.4 Å². The van der Waals surface area contributed by atoms with Gasteiger partial charge in [0.2, 0.25) is 0 Å². The molecular formula is C27H60O7S. The summed E-state index contributed by atoms with van der Waals surface area (Å²) in [7, 11) is -4.23. The van der Waals surface area contributed by atoms with Crippen LogP contribution in [0.4, 0.5) is 0 Å². The first-order valence-electron chi connectivity index (χ1n) is 11.3. The van der Waals surface area contributed by atoms with Crippen LogP contribution >= 0.6 is 0 Å². The highest BCUT2D eigenvalue weighted by Crippen LogP contribution is 2.07. The first kappa shape index (κ1) is 58.8. The summed E-state index contributed by atoms with van der Waals surface area (Å²) in [5.74, 6) is 0. The zero-order valence-corrected chi connectivity index (χ0v) is 24.2. The van der Waals surface area contributed by atoms with Gasteiger partial charge in [-0.05, 0) is 20.3 Å². The molecule has 0 fully saturated rings. The van der Waals surface area contributed by atoms with Crippen molar-refractivity contribution in [3.05, 3.63) is 78.9 Å². The van der Waals surface area contributed by atoms with Crippen LogP contribution in [0.5, 0.6) is 0 Å². The van der Waals surface area contributed by atoms with E-state index < -0.39 is 10.4 Å². The molecule has 0 amide bonds. The normalized spacial score (nSPS) is 7.49. The van der Waals surface area contributed by atoms with Gasteiger partial charge in [0.1, 0.15) is 0 Å². The number of aliphatic hydroxyl groups is 2. The summed E-state index contributed by atoms with van der Waals surface area (Å²) in [6.07, 6.45) is 7.68.